The van der Waals surface area contributed by atoms with Crippen molar-refractivity contribution in [3.63, 3.8) is 0 Å². The zero-order chi connectivity index (χ0) is 18.1. The lowest BCUT2D eigenvalue weighted by Crippen LogP contribution is -2.55. The largest absolute Gasteiger partial charge is 0.480 e. The van der Waals surface area contributed by atoms with Gasteiger partial charge in [0.1, 0.15) is 5.92 Å². The van der Waals surface area contributed by atoms with Crippen LogP contribution in [0.1, 0.15) is 17.5 Å². The van der Waals surface area contributed by atoms with E-state index in [0.717, 1.165) is 16.8 Å². The van der Waals surface area contributed by atoms with Gasteiger partial charge >= 0.3 is 5.97 Å². The summed E-state index contributed by atoms with van der Waals surface area (Å²) in [6, 6.07) is 4.75. The van der Waals surface area contributed by atoms with E-state index in [1.807, 2.05) is 32.0 Å². The van der Waals surface area contributed by atoms with Gasteiger partial charge in [-0.2, -0.15) is 0 Å². The van der Waals surface area contributed by atoms with Gasteiger partial charge < -0.3 is 19.6 Å². The summed E-state index contributed by atoms with van der Waals surface area (Å²) in [4.78, 5) is 39.8. The van der Waals surface area contributed by atoms with E-state index in [1.54, 1.807) is 4.90 Å². The quantitative estimate of drug-likeness (QED) is 0.824. The topological polar surface area (TPSA) is 87.2 Å². The molecule has 2 atom stereocenters. The molecule has 1 N–H and O–H groups in total. The Morgan fingerprint density at radius 2 is 1.96 bits per heavy atom. The fourth-order valence-electron chi connectivity index (χ4n) is 3.33. The number of nitrogens with zero attached hydrogens (tertiary/aromatic N) is 2. The van der Waals surface area contributed by atoms with Crippen molar-refractivity contribution in [2.75, 3.05) is 31.2 Å². The minimum atomic E-state index is -1.11. The van der Waals surface area contributed by atoms with Gasteiger partial charge in [-0.25, -0.2) is 4.79 Å². The number of aryl methyl sites for hydroxylation is 2. The third kappa shape index (κ3) is 3.24. The normalized spacial score (nSPS) is 23.8. The standard InChI is InChI=1S/C18H22N2O5/c1-11-3-4-13(9-12(11)2)19-6-5-14(16(19)21)17(22)20-7-8-25-10-15(20)18(23)24/h3-4,9,14-15H,5-8,10H2,1-2H3,(H,23,24)/t14-,15+/m0/s1. The summed E-state index contributed by atoms with van der Waals surface area (Å²) < 4.78 is 5.16. The minimum absolute atomic E-state index is 0.0388. The predicted molar refractivity (Wildman–Crippen MR) is 90.3 cm³/mol. The molecule has 3 rings (SSSR count). The highest BCUT2D eigenvalue weighted by Gasteiger charge is 2.43. The van der Waals surface area contributed by atoms with Crippen LogP contribution >= 0.6 is 0 Å². The van der Waals surface area contributed by atoms with Crippen LogP contribution in [0.15, 0.2) is 18.2 Å². The highest BCUT2D eigenvalue weighted by atomic mass is 16.5. The number of hydrogen-bond donors (Lipinski definition) is 1. The summed E-state index contributed by atoms with van der Waals surface area (Å²) in [5, 5.41) is 9.28. The molecule has 0 spiro atoms. The molecule has 0 aromatic heterocycles. The van der Waals surface area contributed by atoms with E-state index in [9.17, 15) is 19.5 Å². The number of carbonyl (C=O) groups is 3. The number of morpholine rings is 1. The third-order valence-electron chi connectivity index (χ3n) is 5.00. The fourth-order valence-corrected chi connectivity index (χ4v) is 3.33. The first kappa shape index (κ1) is 17.4. The molecular weight excluding hydrogens is 324 g/mol. The lowest BCUT2D eigenvalue weighted by Gasteiger charge is -2.34. The molecule has 2 amide bonds. The first-order valence-electron chi connectivity index (χ1n) is 8.40. The number of rotatable bonds is 3. The van der Waals surface area contributed by atoms with Crippen molar-refractivity contribution in [2.45, 2.75) is 26.3 Å². The van der Waals surface area contributed by atoms with Crippen LogP contribution in [0.4, 0.5) is 5.69 Å². The predicted octanol–water partition coefficient (Wildman–Crippen LogP) is 0.968. The Kier molecular flexibility index (Phi) is 4.76. The van der Waals surface area contributed by atoms with Crippen LogP contribution in [-0.2, 0) is 19.1 Å². The first-order chi connectivity index (χ1) is 11.9. The van der Waals surface area contributed by atoms with E-state index in [1.165, 1.54) is 4.90 Å². The van der Waals surface area contributed by atoms with Gasteiger partial charge in [0, 0.05) is 18.8 Å². The lowest BCUT2D eigenvalue weighted by molar-refractivity contribution is -0.161. The summed E-state index contributed by atoms with van der Waals surface area (Å²) in [5.74, 6) is -2.60. The van der Waals surface area contributed by atoms with Crippen LogP contribution < -0.4 is 4.90 Å². The van der Waals surface area contributed by atoms with Gasteiger partial charge in [0.25, 0.3) is 0 Å². The lowest BCUT2D eigenvalue weighted by atomic mass is 10.0. The highest BCUT2D eigenvalue weighted by Crippen LogP contribution is 2.28. The van der Waals surface area contributed by atoms with Gasteiger partial charge in [-0.3, -0.25) is 9.59 Å². The molecule has 0 unspecified atom stereocenters. The molecule has 1 aromatic rings. The molecule has 0 aliphatic carbocycles. The van der Waals surface area contributed by atoms with Crippen molar-refractivity contribution in [2.24, 2.45) is 5.92 Å². The molecule has 0 radical (unpaired) electrons. The fraction of sp³-hybridized carbons (Fsp3) is 0.500. The molecule has 2 heterocycles. The van der Waals surface area contributed by atoms with Gasteiger partial charge in [0.05, 0.1) is 13.2 Å². The Morgan fingerprint density at radius 3 is 2.64 bits per heavy atom. The van der Waals surface area contributed by atoms with Crippen molar-refractivity contribution in [1.82, 2.24) is 4.90 Å². The average Bonchev–Trinajstić information content (AvgIpc) is 2.98. The Morgan fingerprint density at radius 1 is 1.20 bits per heavy atom. The molecular formula is C18H22N2O5. The number of aliphatic carboxylic acids is 1. The third-order valence-corrected chi connectivity index (χ3v) is 5.00. The van der Waals surface area contributed by atoms with Crippen LogP contribution in [-0.4, -0.2) is 60.1 Å². The molecule has 2 saturated heterocycles. The van der Waals surface area contributed by atoms with E-state index in [0.29, 0.717) is 13.0 Å². The van der Waals surface area contributed by atoms with Gasteiger partial charge in [-0.05, 0) is 43.5 Å². The zero-order valence-corrected chi connectivity index (χ0v) is 14.4. The number of anilines is 1. The summed E-state index contributed by atoms with van der Waals surface area (Å²) >= 11 is 0. The summed E-state index contributed by atoms with van der Waals surface area (Å²) in [6.45, 7) is 4.89. The van der Waals surface area contributed by atoms with Crippen LogP contribution in [0.25, 0.3) is 0 Å². The van der Waals surface area contributed by atoms with Crippen molar-refractivity contribution in [1.29, 1.82) is 0 Å². The van der Waals surface area contributed by atoms with Crippen LogP contribution in [0.2, 0.25) is 0 Å². The average molecular weight is 346 g/mol. The molecule has 0 saturated carbocycles. The Balaban J connectivity index is 1.77. The zero-order valence-electron chi connectivity index (χ0n) is 14.4. The Hall–Kier alpha value is -2.41. The maximum absolute atomic E-state index is 12.8. The SMILES string of the molecule is Cc1ccc(N2CC[C@H](C(=O)N3CCOC[C@@H]3C(=O)O)C2=O)cc1C. The van der Waals surface area contributed by atoms with E-state index >= 15 is 0 Å². The van der Waals surface area contributed by atoms with Gasteiger partial charge in [0.15, 0.2) is 6.04 Å². The number of benzene rings is 1. The van der Waals surface area contributed by atoms with Crippen molar-refractivity contribution >= 4 is 23.5 Å². The van der Waals surface area contributed by atoms with Crippen LogP contribution in [0, 0.1) is 19.8 Å². The van der Waals surface area contributed by atoms with Crippen molar-refractivity contribution in [3.8, 4) is 0 Å². The van der Waals surface area contributed by atoms with Gasteiger partial charge in [-0.1, -0.05) is 6.07 Å². The summed E-state index contributed by atoms with van der Waals surface area (Å²) in [6.07, 6.45) is 0.397. The molecule has 1 aromatic carbocycles. The molecule has 2 aliphatic heterocycles. The number of hydrogen-bond acceptors (Lipinski definition) is 4. The number of carbonyl (C=O) groups excluding carboxylic acids is 2. The molecule has 25 heavy (non-hydrogen) atoms. The van der Waals surface area contributed by atoms with Crippen LogP contribution in [0.3, 0.4) is 0 Å². The second kappa shape index (κ2) is 6.84. The van der Waals surface area contributed by atoms with E-state index in [2.05, 4.69) is 0 Å². The molecule has 2 aliphatic rings. The van der Waals surface area contributed by atoms with Gasteiger partial charge in [0.2, 0.25) is 11.8 Å². The monoisotopic (exact) mass is 346 g/mol. The van der Waals surface area contributed by atoms with E-state index < -0.39 is 23.8 Å². The summed E-state index contributed by atoms with van der Waals surface area (Å²) in [7, 11) is 0. The van der Waals surface area contributed by atoms with E-state index in [-0.39, 0.29) is 25.7 Å². The van der Waals surface area contributed by atoms with Crippen molar-refractivity contribution in [3.05, 3.63) is 29.3 Å². The molecule has 7 nitrogen and oxygen atoms in total. The highest BCUT2D eigenvalue weighted by molar-refractivity contribution is 6.10. The Bertz CT molecular complexity index is 717. The second-order valence-electron chi connectivity index (χ2n) is 6.56. The maximum Gasteiger partial charge on any atom is 0.328 e. The number of carboxylic acid groups (broad SMARTS) is 1. The molecule has 134 valence electrons. The number of ether oxygens (including phenoxy) is 1. The summed E-state index contributed by atoms with van der Waals surface area (Å²) in [5.41, 5.74) is 3.00. The van der Waals surface area contributed by atoms with Crippen molar-refractivity contribution < 1.29 is 24.2 Å². The number of carboxylic acids is 1. The van der Waals surface area contributed by atoms with Crippen LogP contribution in [0.5, 0.6) is 0 Å². The Labute approximate surface area is 146 Å². The number of amides is 2. The second-order valence-corrected chi connectivity index (χ2v) is 6.56. The minimum Gasteiger partial charge on any atom is -0.480 e. The molecule has 0 bridgehead atoms. The maximum atomic E-state index is 12.8. The van der Waals surface area contributed by atoms with Gasteiger partial charge in [-0.15, -0.1) is 0 Å². The molecule has 2 fully saturated rings. The van der Waals surface area contributed by atoms with E-state index in [4.69, 9.17) is 4.74 Å². The molecule has 7 heteroatoms. The first-order valence-corrected chi connectivity index (χ1v) is 8.40. The smallest absolute Gasteiger partial charge is 0.328 e.